The summed E-state index contributed by atoms with van der Waals surface area (Å²) in [5.41, 5.74) is 5.47. The van der Waals surface area contributed by atoms with Gasteiger partial charge in [-0.3, -0.25) is 4.90 Å². The van der Waals surface area contributed by atoms with Gasteiger partial charge in [-0.25, -0.2) is 0 Å². The normalized spacial score (nSPS) is 14.6. The summed E-state index contributed by atoms with van der Waals surface area (Å²) < 4.78 is 0. The van der Waals surface area contributed by atoms with Crippen LogP contribution in [0, 0.1) is 6.92 Å². The minimum Gasteiger partial charge on any atom is -0.316 e. The summed E-state index contributed by atoms with van der Waals surface area (Å²) in [6.07, 6.45) is -0.0370. The Kier molecular flexibility index (Phi) is 3.83. The molecule has 0 saturated carbocycles. The van der Waals surface area contributed by atoms with Crippen LogP contribution in [-0.4, -0.2) is 24.2 Å². The van der Waals surface area contributed by atoms with Gasteiger partial charge in [-0.1, -0.05) is 13.8 Å². The van der Waals surface area contributed by atoms with Crippen LogP contribution in [0.3, 0.4) is 0 Å². The molecule has 1 atom stereocenters. The van der Waals surface area contributed by atoms with E-state index in [1.807, 2.05) is 0 Å². The van der Waals surface area contributed by atoms with Crippen molar-refractivity contribution >= 4 is 0 Å². The van der Waals surface area contributed by atoms with Gasteiger partial charge in [-0.15, -0.1) is 0 Å². The van der Waals surface area contributed by atoms with Crippen LogP contribution in [0.4, 0.5) is 0 Å². The Morgan fingerprint density at radius 3 is 1.88 bits per heavy atom. The van der Waals surface area contributed by atoms with Crippen molar-refractivity contribution in [1.29, 1.82) is 0 Å². The minimum absolute atomic E-state index is 0.0370. The summed E-state index contributed by atoms with van der Waals surface area (Å²) in [5.74, 6) is 0. The van der Waals surface area contributed by atoms with E-state index in [4.69, 9.17) is 5.73 Å². The maximum atomic E-state index is 5.47. The van der Waals surface area contributed by atoms with E-state index in [0.29, 0.717) is 0 Å². The van der Waals surface area contributed by atoms with Crippen molar-refractivity contribution in [2.24, 2.45) is 5.73 Å². The van der Waals surface area contributed by atoms with E-state index in [0.717, 1.165) is 13.1 Å². The molecule has 0 heterocycles. The van der Waals surface area contributed by atoms with Crippen molar-refractivity contribution < 1.29 is 0 Å². The van der Waals surface area contributed by atoms with Gasteiger partial charge in [-0.05, 0) is 20.0 Å². The Hall–Kier alpha value is -0.0800. The molecule has 0 aliphatic heterocycles. The molecule has 1 radical (unpaired) electrons. The molecule has 0 spiro atoms. The molecular formula is C6H15N2. The quantitative estimate of drug-likeness (QED) is 0.541. The second-order valence-corrected chi connectivity index (χ2v) is 1.79. The van der Waals surface area contributed by atoms with Gasteiger partial charge in [0.2, 0.25) is 0 Å². The average Bonchev–Trinajstić information content (AvgIpc) is 1.69. The molecule has 8 heavy (non-hydrogen) atoms. The molecule has 0 fully saturated rings. The third-order valence-electron chi connectivity index (χ3n) is 1.28. The zero-order valence-corrected chi connectivity index (χ0v) is 5.72. The van der Waals surface area contributed by atoms with Crippen LogP contribution in [0.1, 0.15) is 13.8 Å². The number of rotatable bonds is 3. The first kappa shape index (κ1) is 7.92. The van der Waals surface area contributed by atoms with Gasteiger partial charge >= 0.3 is 0 Å². The number of hydrogen-bond donors (Lipinski definition) is 1. The van der Waals surface area contributed by atoms with E-state index in [2.05, 4.69) is 25.7 Å². The molecule has 0 aromatic heterocycles. The predicted molar refractivity (Wildman–Crippen MR) is 36.3 cm³/mol. The zero-order valence-electron chi connectivity index (χ0n) is 5.72. The van der Waals surface area contributed by atoms with Gasteiger partial charge in [0.1, 0.15) is 0 Å². The van der Waals surface area contributed by atoms with Gasteiger partial charge in [0, 0.05) is 0 Å². The van der Waals surface area contributed by atoms with E-state index in [9.17, 15) is 0 Å². The summed E-state index contributed by atoms with van der Waals surface area (Å²) in [6.45, 7) is 9.81. The summed E-state index contributed by atoms with van der Waals surface area (Å²) in [4.78, 5) is 2.08. The highest BCUT2D eigenvalue weighted by atomic mass is 15.2. The standard InChI is InChI=1S/C6H15N2/c1-4-8(5-2)6(3)7/h6H,3-5,7H2,1-2H3. The number of nitrogens with zero attached hydrogens (tertiary/aromatic N) is 1. The molecule has 0 aliphatic carbocycles. The maximum Gasteiger partial charge on any atom is 0.0572 e. The number of nitrogens with two attached hydrogens (primary N) is 1. The summed E-state index contributed by atoms with van der Waals surface area (Å²) in [7, 11) is 0. The molecule has 2 nitrogen and oxygen atoms in total. The molecule has 1 unspecified atom stereocenters. The van der Waals surface area contributed by atoms with Crippen LogP contribution in [0.2, 0.25) is 0 Å². The van der Waals surface area contributed by atoms with Crippen molar-refractivity contribution in [3.63, 3.8) is 0 Å². The molecule has 0 aromatic rings. The largest absolute Gasteiger partial charge is 0.316 e. The smallest absolute Gasteiger partial charge is 0.0572 e. The fourth-order valence-electron chi connectivity index (χ4n) is 0.693. The molecule has 0 aliphatic rings. The first-order valence-corrected chi connectivity index (χ1v) is 3.05. The topological polar surface area (TPSA) is 29.3 Å². The third-order valence-corrected chi connectivity index (χ3v) is 1.28. The van der Waals surface area contributed by atoms with Gasteiger partial charge in [-0.2, -0.15) is 0 Å². The molecular weight excluding hydrogens is 100 g/mol. The van der Waals surface area contributed by atoms with Crippen molar-refractivity contribution in [3.8, 4) is 0 Å². The highest BCUT2D eigenvalue weighted by molar-refractivity contribution is 4.63. The first-order valence-electron chi connectivity index (χ1n) is 3.05. The van der Waals surface area contributed by atoms with Crippen molar-refractivity contribution in [2.75, 3.05) is 13.1 Å². The Morgan fingerprint density at radius 1 is 1.50 bits per heavy atom. The van der Waals surface area contributed by atoms with E-state index < -0.39 is 0 Å². The molecule has 0 rings (SSSR count). The van der Waals surface area contributed by atoms with Crippen LogP contribution in [0.25, 0.3) is 0 Å². The Bertz CT molecular complexity index is 48.5. The first-order chi connectivity index (χ1) is 3.72. The monoisotopic (exact) mass is 115 g/mol. The number of hydrogen-bond acceptors (Lipinski definition) is 2. The van der Waals surface area contributed by atoms with Gasteiger partial charge in [0.05, 0.1) is 6.17 Å². The Balaban J connectivity index is 3.35. The lowest BCUT2D eigenvalue weighted by molar-refractivity contribution is 0.257. The molecule has 2 N–H and O–H groups in total. The van der Waals surface area contributed by atoms with Gasteiger partial charge in [0.15, 0.2) is 0 Å². The van der Waals surface area contributed by atoms with Crippen molar-refractivity contribution in [3.05, 3.63) is 6.92 Å². The third kappa shape index (κ3) is 2.28. The molecule has 49 valence electrons. The predicted octanol–water partition coefficient (Wildman–Crippen LogP) is 0.447. The van der Waals surface area contributed by atoms with E-state index in [-0.39, 0.29) is 6.17 Å². The molecule has 0 bridgehead atoms. The van der Waals surface area contributed by atoms with Crippen molar-refractivity contribution in [2.45, 2.75) is 20.0 Å². The molecule has 0 aromatic carbocycles. The van der Waals surface area contributed by atoms with Crippen LogP contribution in [-0.2, 0) is 0 Å². The Morgan fingerprint density at radius 2 is 1.88 bits per heavy atom. The minimum atomic E-state index is -0.0370. The van der Waals surface area contributed by atoms with E-state index >= 15 is 0 Å². The second kappa shape index (κ2) is 3.87. The fourth-order valence-corrected chi connectivity index (χ4v) is 0.693. The second-order valence-electron chi connectivity index (χ2n) is 1.79. The molecule has 2 heteroatoms. The van der Waals surface area contributed by atoms with Crippen LogP contribution < -0.4 is 5.73 Å². The Labute approximate surface area is 51.7 Å². The van der Waals surface area contributed by atoms with E-state index in [1.54, 1.807) is 0 Å². The molecule has 0 amide bonds. The maximum absolute atomic E-state index is 5.47. The highest BCUT2D eigenvalue weighted by Crippen LogP contribution is 1.88. The fraction of sp³-hybridized carbons (Fsp3) is 0.833. The van der Waals surface area contributed by atoms with E-state index in [1.165, 1.54) is 0 Å². The summed E-state index contributed by atoms with van der Waals surface area (Å²) in [6, 6.07) is 0. The average molecular weight is 115 g/mol. The van der Waals surface area contributed by atoms with Crippen LogP contribution >= 0.6 is 0 Å². The lowest BCUT2D eigenvalue weighted by Crippen LogP contribution is -2.39. The van der Waals surface area contributed by atoms with Gasteiger partial charge in [0.25, 0.3) is 0 Å². The SMILES string of the molecule is [CH2]C(N)N(CC)CC. The lowest BCUT2D eigenvalue weighted by atomic mass is 10.4. The summed E-state index contributed by atoms with van der Waals surface area (Å²) in [5, 5.41) is 0. The zero-order chi connectivity index (χ0) is 6.57. The summed E-state index contributed by atoms with van der Waals surface area (Å²) >= 11 is 0. The lowest BCUT2D eigenvalue weighted by Gasteiger charge is -2.21. The van der Waals surface area contributed by atoms with Crippen molar-refractivity contribution in [1.82, 2.24) is 4.90 Å². The highest BCUT2D eigenvalue weighted by Gasteiger charge is 2.01. The van der Waals surface area contributed by atoms with Crippen LogP contribution in [0.5, 0.6) is 0 Å². The van der Waals surface area contributed by atoms with Gasteiger partial charge < -0.3 is 5.73 Å². The van der Waals surface area contributed by atoms with Crippen LogP contribution in [0.15, 0.2) is 0 Å². The molecule has 0 saturated heterocycles.